The fraction of sp³-hybridized carbons (Fsp3) is 0.500. The molecular formula is C14H24N4O. The molecule has 106 valence electrons. The van der Waals surface area contributed by atoms with Gasteiger partial charge in [-0.15, -0.1) is 0 Å². The van der Waals surface area contributed by atoms with Gasteiger partial charge in [-0.1, -0.05) is 31.5 Å². The van der Waals surface area contributed by atoms with Gasteiger partial charge in [0.2, 0.25) is 5.96 Å². The molecule has 0 bridgehead atoms. The SMILES string of the molecule is CCCCOCCCN=C(NN)Nc1ccccc1. The zero-order chi connectivity index (χ0) is 13.8. The third-order valence-electron chi connectivity index (χ3n) is 2.53. The van der Waals surface area contributed by atoms with Gasteiger partial charge in [0.25, 0.3) is 0 Å². The van der Waals surface area contributed by atoms with Crippen LogP contribution in [0.15, 0.2) is 35.3 Å². The number of nitrogens with one attached hydrogen (secondary N) is 2. The molecule has 0 heterocycles. The minimum atomic E-state index is 0.569. The molecule has 0 amide bonds. The van der Waals surface area contributed by atoms with E-state index in [2.05, 4.69) is 22.7 Å². The van der Waals surface area contributed by atoms with Crippen LogP contribution in [0, 0.1) is 0 Å². The Morgan fingerprint density at radius 3 is 2.63 bits per heavy atom. The number of hydrazine groups is 1. The summed E-state index contributed by atoms with van der Waals surface area (Å²) in [5.74, 6) is 6.00. The van der Waals surface area contributed by atoms with Crippen LogP contribution in [0.1, 0.15) is 26.2 Å². The van der Waals surface area contributed by atoms with E-state index >= 15 is 0 Å². The van der Waals surface area contributed by atoms with Crippen molar-refractivity contribution in [1.29, 1.82) is 0 Å². The topological polar surface area (TPSA) is 71.7 Å². The molecule has 0 radical (unpaired) electrons. The van der Waals surface area contributed by atoms with Crippen molar-refractivity contribution in [3.05, 3.63) is 30.3 Å². The van der Waals surface area contributed by atoms with Crippen LogP contribution in [-0.2, 0) is 4.74 Å². The molecule has 19 heavy (non-hydrogen) atoms. The highest BCUT2D eigenvalue weighted by Crippen LogP contribution is 2.04. The maximum absolute atomic E-state index is 5.47. The molecule has 1 aromatic carbocycles. The van der Waals surface area contributed by atoms with E-state index in [-0.39, 0.29) is 0 Å². The number of unbranched alkanes of at least 4 members (excludes halogenated alkanes) is 1. The van der Waals surface area contributed by atoms with Gasteiger partial charge >= 0.3 is 0 Å². The van der Waals surface area contributed by atoms with E-state index in [1.807, 2.05) is 30.3 Å². The Morgan fingerprint density at radius 1 is 1.21 bits per heavy atom. The Bertz CT molecular complexity index is 354. The number of guanidine groups is 1. The van der Waals surface area contributed by atoms with E-state index in [0.29, 0.717) is 12.5 Å². The van der Waals surface area contributed by atoms with Gasteiger partial charge in [-0.3, -0.25) is 10.4 Å². The van der Waals surface area contributed by atoms with E-state index in [0.717, 1.165) is 31.7 Å². The van der Waals surface area contributed by atoms with E-state index in [4.69, 9.17) is 10.6 Å². The molecule has 0 unspecified atom stereocenters. The third-order valence-corrected chi connectivity index (χ3v) is 2.53. The number of nitrogens with zero attached hydrogens (tertiary/aromatic N) is 1. The fourth-order valence-corrected chi connectivity index (χ4v) is 1.49. The highest BCUT2D eigenvalue weighted by atomic mass is 16.5. The Hall–Kier alpha value is -1.59. The summed E-state index contributed by atoms with van der Waals surface area (Å²) in [6.45, 7) is 4.42. The second-order valence-electron chi connectivity index (χ2n) is 4.19. The predicted octanol–water partition coefficient (Wildman–Crippen LogP) is 2.12. The molecule has 0 aliphatic carbocycles. The Labute approximate surface area is 115 Å². The normalized spacial score (nSPS) is 11.4. The molecule has 0 spiro atoms. The summed E-state index contributed by atoms with van der Waals surface area (Å²) >= 11 is 0. The molecule has 5 heteroatoms. The quantitative estimate of drug-likeness (QED) is 0.221. The Kier molecular flexibility index (Phi) is 8.42. The lowest BCUT2D eigenvalue weighted by molar-refractivity contribution is 0.130. The highest BCUT2D eigenvalue weighted by Gasteiger charge is 1.96. The smallest absolute Gasteiger partial charge is 0.210 e. The lowest BCUT2D eigenvalue weighted by atomic mass is 10.3. The van der Waals surface area contributed by atoms with Gasteiger partial charge in [-0.05, 0) is 25.0 Å². The van der Waals surface area contributed by atoms with Gasteiger partial charge in [-0.25, -0.2) is 5.84 Å². The largest absolute Gasteiger partial charge is 0.381 e. The van der Waals surface area contributed by atoms with Gasteiger partial charge in [-0.2, -0.15) is 0 Å². The predicted molar refractivity (Wildman–Crippen MR) is 80.0 cm³/mol. The number of ether oxygens (including phenoxy) is 1. The number of nitrogens with two attached hydrogens (primary N) is 1. The summed E-state index contributed by atoms with van der Waals surface area (Å²) in [5.41, 5.74) is 3.52. The molecule has 0 aromatic heterocycles. The van der Waals surface area contributed by atoms with Crippen molar-refractivity contribution in [2.45, 2.75) is 26.2 Å². The summed E-state index contributed by atoms with van der Waals surface area (Å²) in [7, 11) is 0. The van der Waals surface area contributed by atoms with E-state index in [1.165, 1.54) is 6.42 Å². The van der Waals surface area contributed by atoms with Crippen molar-refractivity contribution in [1.82, 2.24) is 5.43 Å². The van der Waals surface area contributed by atoms with Gasteiger partial charge in [0.15, 0.2) is 0 Å². The summed E-state index contributed by atoms with van der Waals surface area (Å²) in [4.78, 5) is 4.34. The van der Waals surface area contributed by atoms with Crippen LogP contribution in [0.5, 0.6) is 0 Å². The monoisotopic (exact) mass is 264 g/mol. The first kappa shape index (κ1) is 15.5. The van der Waals surface area contributed by atoms with Crippen molar-refractivity contribution in [2.24, 2.45) is 10.8 Å². The van der Waals surface area contributed by atoms with Gasteiger partial charge in [0.1, 0.15) is 0 Å². The first-order chi connectivity index (χ1) is 9.36. The van der Waals surface area contributed by atoms with Crippen molar-refractivity contribution in [2.75, 3.05) is 25.1 Å². The zero-order valence-corrected chi connectivity index (χ0v) is 11.6. The maximum atomic E-state index is 5.47. The van der Waals surface area contributed by atoms with Crippen LogP contribution >= 0.6 is 0 Å². The van der Waals surface area contributed by atoms with Crippen molar-refractivity contribution in [3.8, 4) is 0 Å². The molecule has 0 atom stereocenters. The number of rotatable bonds is 8. The second-order valence-corrected chi connectivity index (χ2v) is 4.19. The zero-order valence-electron chi connectivity index (χ0n) is 11.6. The number of para-hydroxylation sites is 1. The molecule has 0 aliphatic rings. The van der Waals surface area contributed by atoms with Crippen LogP contribution in [0.4, 0.5) is 5.69 Å². The van der Waals surface area contributed by atoms with Crippen LogP contribution in [0.3, 0.4) is 0 Å². The van der Waals surface area contributed by atoms with Gasteiger partial charge < -0.3 is 10.1 Å². The van der Waals surface area contributed by atoms with Crippen molar-refractivity contribution < 1.29 is 4.74 Å². The second kappa shape index (κ2) is 10.3. The minimum absolute atomic E-state index is 0.569. The number of hydrogen-bond donors (Lipinski definition) is 3. The first-order valence-electron chi connectivity index (χ1n) is 6.77. The van der Waals surface area contributed by atoms with E-state index in [1.54, 1.807) is 0 Å². The molecule has 0 fully saturated rings. The van der Waals surface area contributed by atoms with Crippen LogP contribution in [-0.4, -0.2) is 25.7 Å². The molecule has 4 N–H and O–H groups in total. The summed E-state index contributed by atoms with van der Waals surface area (Å²) < 4.78 is 5.47. The number of aliphatic imine (C=N–C) groups is 1. The molecule has 1 aromatic rings. The van der Waals surface area contributed by atoms with Crippen molar-refractivity contribution in [3.63, 3.8) is 0 Å². The maximum Gasteiger partial charge on any atom is 0.210 e. The summed E-state index contributed by atoms with van der Waals surface area (Å²) in [6, 6.07) is 9.79. The molecule has 0 aliphatic heterocycles. The third kappa shape index (κ3) is 7.43. The minimum Gasteiger partial charge on any atom is -0.381 e. The van der Waals surface area contributed by atoms with Gasteiger partial charge in [0.05, 0.1) is 0 Å². The van der Waals surface area contributed by atoms with Crippen LogP contribution in [0.2, 0.25) is 0 Å². The number of hydrogen-bond acceptors (Lipinski definition) is 3. The average Bonchev–Trinajstić information content (AvgIpc) is 2.46. The molecule has 5 nitrogen and oxygen atoms in total. The number of anilines is 1. The van der Waals surface area contributed by atoms with Crippen LogP contribution < -0.4 is 16.6 Å². The lowest BCUT2D eigenvalue weighted by Gasteiger charge is -2.09. The fourth-order valence-electron chi connectivity index (χ4n) is 1.49. The average molecular weight is 264 g/mol. The molecular weight excluding hydrogens is 240 g/mol. The number of benzene rings is 1. The standard InChI is InChI=1S/C14H24N4O/c1-2-3-11-19-12-7-10-16-14(18-15)17-13-8-5-4-6-9-13/h4-6,8-9H,2-3,7,10-12,15H2,1H3,(H2,16,17,18). The first-order valence-corrected chi connectivity index (χ1v) is 6.77. The Morgan fingerprint density at radius 2 is 1.95 bits per heavy atom. The molecule has 1 rings (SSSR count). The highest BCUT2D eigenvalue weighted by molar-refractivity contribution is 5.93. The van der Waals surface area contributed by atoms with E-state index in [9.17, 15) is 0 Å². The summed E-state index contributed by atoms with van der Waals surface area (Å²) in [6.07, 6.45) is 3.18. The van der Waals surface area contributed by atoms with E-state index < -0.39 is 0 Å². The van der Waals surface area contributed by atoms with Crippen molar-refractivity contribution >= 4 is 11.6 Å². The Balaban J connectivity index is 2.21. The van der Waals surface area contributed by atoms with Crippen LogP contribution in [0.25, 0.3) is 0 Å². The molecule has 0 saturated heterocycles. The summed E-state index contributed by atoms with van der Waals surface area (Å²) in [5, 5.41) is 3.11. The lowest BCUT2D eigenvalue weighted by Crippen LogP contribution is -2.36. The molecule has 0 saturated carbocycles. The van der Waals surface area contributed by atoms with Gasteiger partial charge in [0, 0.05) is 25.4 Å².